The summed E-state index contributed by atoms with van der Waals surface area (Å²) >= 11 is 0. The standard InChI is InChI=1S/C13H14O/c1-5-10-8-12(7-3)13(14-4)9-11(10)6-2/h5-9H,1-3H2,4H3. The monoisotopic (exact) mass is 186 g/mol. The molecule has 0 aliphatic heterocycles. The lowest BCUT2D eigenvalue weighted by atomic mass is 10.0. The SMILES string of the molecule is C=Cc1cc(C=C)c(OC)cc1C=C. The molecule has 0 radical (unpaired) electrons. The van der Waals surface area contributed by atoms with Crippen LogP contribution in [0.25, 0.3) is 18.2 Å². The van der Waals surface area contributed by atoms with E-state index in [1.807, 2.05) is 12.1 Å². The predicted octanol–water partition coefficient (Wildman–Crippen LogP) is 3.62. The molecule has 14 heavy (non-hydrogen) atoms. The number of hydrogen-bond donors (Lipinski definition) is 0. The van der Waals surface area contributed by atoms with Crippen molar-refractivity contribution in [3.63, 3.8) is 0 Å². The highest BCUT2D eigenvalue weighted by Gasteiger charge is 2.03. The number of rotatable bonds is 4. The largest absolute Gasteiger partial charge is 0.496 e. The fourth-order valence-electron chi connectivity index (χ4n) is 1.32. The average Bonchev–Trinajstić information content (AvgIpc) is 2.26. The van der Waals surface area contributed by atoms with Crippen LogP contribution in [-0.4, -0.2) is 7.11 Å². The molecule has 0 amide bonds. The molecule has 0 saturated carbocycles. The van der Waals surface area contributed by atoms with Crippen molar-refractivity contribution in [3.05, 3.63) is 48.6 Å². The highest BCUT2D eigenvalue weighted by molar-refractivity contribution is 5.70. The van der Waals surface area contributed by atoms with Gasteiger partial charge in [0, 0.05) is 5.56 Å². The molecular weight excluding hydrogens is 172 g/mol. The maximum atomic E-state index is 5.22. The van der Waals surface area contributed by atoms with Crippen molar-refractivity contribution in [2.24, 2.45) is 0 Å². The second-order valence-corrected chi connectivity index (χ2v) is 2.84. The molecule has 0 aromatic heterocycles. The average molecular weight is 186 g/mol. The van der Waals surface area contributed by atoms with Gasteiger partial charge in [0.1, 0.15) is 5.75 Å². The van der Waals surface area contributed by atoms with Crippen LogP contribution in [0.5, 0.6) is 5.75 Å². The summed E-state index contributed by atoms with van der Waals surface area (Å²) in [7, 11) is 1.64. The summed E-state index contributed by atoms with van der Waals surface area (Å²) < 4.78 is 5.22. The molecule has 0 atom stereocenters. The van der Waals surface area contributed by atoms with Crippen molar-refractivity contribution >= 4 is 18.2 Å². The molecule has 72 valence electrons. The van der Waals surface area contributed by atoms with Crippen LogP contribution in [0, 0.1) is 0 Å². The third kappa shape index (κ3) is 1.77. The number of ether oxygens (including phenoxy) is 1. The minimum absolute atomic E-state index is 0.806. The third-order valence-electron chi connectivity index (χ3n) is 2.10. The Balaban J connectivity index is 3.41. The lowest BCUT2D eigenvalue weighted by Crippen LogP contribution is -1.90. The number of benzene rings is 1. The Morgan fingerprint density at radius 1 is 0.929 bits per heavy atom. The van der Waals surface area contributed by atoms with E-state index in [1.54, 1.807) is 25.3 Å². The Kier molecular flexibility index (Phi) is 3.29. The summed E-state index contributed by atoms with van der Waals surface area (Å²) in [5, 5.41) is 0. The van der Waals surface area contributed by atoms with E-state index in [0.29, 0.717) is 0 Å². The van der Waals surface area contributed by atoms with Gasteiger partial charge in [0.05, 0.1) is 7.11 Å². The van der Waals surface area contributed by atoms with E-state index in [-0.39, 0.29) is 0 Å². The topological polar surface area (TPSA) is 9.23 Å². The van der Waals surface area contributed by atoms with Crippen LogP contribution in [0.2, 0.25) is 0 Å². The van der Waals surface area contributed by atoms with E-state index in [4.69, 9.17) is 4.74 Å². The van der Waals surface area contributed by atoms with Crippen molar-refractivity contribution in [1.82, 2.24) is 0 Å². The summed E-state index contributed by atoms with van der Waals surface area (Å²) in [5.41, 5.74) is 3.02. The van der Waals surface area contributed by atoms with Crippen LogP contribution in [0.1, 0.15) is 16.7 Å². The first-order valence-electron chi connectivity index (χ1n) is 4.36. The van der Waals surface area contributed by atoms with Gasteiger partial charge in [-0.05, 0) is 23.3 Å². The predicted molar refractivity (Wildman–Crippen MR) is 63.3 cm³/mol. The van der Waals surface area contributed by atoms with E-state index >= 15 is 0 Å². The van der Waals surface area contributed by atoms with Crippen LogP contribution in [0.4, 0.5) is 0 Å². The highest BCUT2D eigenvalue weighted by Crippen LogP contribution is 2.25. The van der Waals surface area contributed by atoms with Crippen molar-refractivity contribution in [1.29, 1.82) is 0 Å². The molecule has 0 N–H and O–H groups in total. The Labute approximate surface area is 85.0 Å². The Bertz CT molecular complexity index is 375. The van der Waals surface area contributed by atoms with Gasteiger partial charge in [0.25, 0.3) is 0 Å². The fraction of sp³-hybridized carbons (Fsp3) is 0.0769. The molecule has 0 bridgehead atoms. The minimum Gasteiger partial charge on any atom is -0.496 e. The molecule has 0 heterocycles. The minimum atomic E-state index is 0.806. The molecule has 0 aliphatic carbocycles. The number of hydrogen-bond acceptors (Lipinski definition) is 1. The smallest absolute Gasteiger partial charge is 0.126 e. The number of methoxy groups -OCH3 is 1. The molecule has 1 heteroatoms. The van der Waals surface area contributed by atoms with Gasteiger partial charge in [-0.1, -0.05) is 38.0 Å². The van der Waals surface area contributed by atoms with Crippen LogP contribution in [-0.2, 0) is 0 Å². The van der Waals surface area contributed by atoms with Crippen molar-refractivity contribution in [3.8, 4) is 5.75 Å². The molecule has 1 nitrogen and oxygen atoms in total. The first kappa shape index (κ1) is 10.3. The Morgan fingerprint density at radius 2 is 1.43 bits per heavy atom. The Hall–Kier alpha value is -1.76. The summed E-state index contributed by atoms with van der Waals surface area (Å²) in [6.07, 6.45) is 5.34. The summed E-state index contributed by atoms with van der Waals surface area (Å²) in [4.78, 5) is 0. The van der Waals surface area contributed by atoms with Crippen molar-refractivity contribution in [2.75, 3.05) is 7.11 Å². The van der Waals surface area contributed by atoms with Crippen LogP contribution < -0.4 is 4.74 Å². The van der Waals surface area contributed by atoms with E-state index in [9.17, 15) is 0 Å². The molecule has 1 aromatic carbocycles. The molecule has 1 aromatic rings. The normalized spacial score (nSPS) is 9.21. The van der Waals surface area contributed by atoms with E-state index < -0.39 is 0 Å². The second-order valence-electron chi connectivity index (χ2n) is 2.84. The van der Waals surface area contributed by atoms with Crippen molar-refractivity contribution < 1.29 is 4.74 Å². The van der Waals surface area contributed by atoms with E-state index in [2.05, 4.69) is 19.7 Å². The van der Waals surface area contributed by atoms with Gasteiger partial charge in [-0.25, -0.2) is 0 Å². The molecular formula is C13H14O. The molecule has 0 aliphatic rings. The highest BCUT2D eigenvalue weighted by atomic mass is 16.5. The maximum absolute atomic E-state index is 5.22. The van der Waals surface area contributed by atoms with Gasteiger partial charge in [0.2, 0.25) is 0 Å². The van der Waals surface area contributed by atoms with Gasteiger partial charge in [-0.2, -0.15) is 0 Å². The van der Waals surface area contributed by atoms with Crippen LogP contribution in [0.3, 0.4) is 0 Å². The van der Waals surface area contributed by atoms with Crippen LogP contribution in [0.15, 0.2) is 31.9 Å². The Morgan fingerprint density at radius 3 is 1.86 bits per heavy atom. The first-order chi connectivity index (χ1) is 6.76. The lowest BCUT2D eigenvalue weighted by molar-refractivity contribution is 0.413. The van der Waals surface area contributed by atoms with Crippen molar-refractivity contribution in [2.45, 2.75) is 0 Å². The molecule has 0 fully saturated rings. The first-order valence-corrected chi connectivity index (χ1v) is 4.36. The van der Waals surface area contributed by atoms with Crippen LogP contribution >= 0.6 is 0 Å². The molecule has 1 rings (SSSR count). The van der Waals surface area contributed by atoms with Gasteiger partial charge < -0.3 is 4.74 Å². The zero-order chi connectivity index (χ0) is 10.6. The summed E-state index contributed by atoms with van der Waals surface area (Å²) in [6, 6.07) is 3.91. The quantitative estimate of drug-likeness (QED) is 0.697. The fourth-order valence-corrected chi connectivity index (χ4v) is 1.32. The molecule has 0 spiro atoms. The summed E-state index contributed by atoms with van der Waals surface area (Å²) in [5.74, 6) is 0.806. The van der Waals surface area contributed by atoms with Gasteiger partial charge >= 0.3 is 0 Å². The van der Waals surface area contributed by atoms with Gasteiger partial charge in [-0.15, -0.1) is 0 Å². The third-order valence-corrected chi connectivity index (χ3v) is 2.10. The second kappa shape index (κ2) is 4.47. The zero-order valence-corrected chi connectivity index (χ0v) is 8.42. The van der Waals surface area contributed by atoms with E-state index in [1.165, 1.54) is 0 Å². The van der Waals surface area contributed by atoms with Gasteiger partial charge in [0.15, 0.2) is 0 Å². The molecule has 0 saturated heterocycles. The molecule has 0 unspecified atom stereocenters. The van der Waals surface area contributed by atoms with Gasteiger partial charge in [-0.3, -0.25) is 0 Å². The van der Waals surface area contributed by atoms with E-state index in [0.717, 1.165) is 22.4 Å². The maximum Gasteiger partial charge on any atom is 0.126 e. The summed E-state index contributed by atoms with van der Waals surface area (Å²) in [6.45, 7) is 11.2. The zero-order valence-electron chi connectivity index (χ0n) is 8.42. The lowest BCUT2D eigenvalue weighted by Gasteiger charge is -2.08.